The second kappa shape index (κ2) is 7.11. The molecule has 0 aromatic heterocycles. The number of phenolic OH excluding ortho intramolecular Hbond substituents is 1. The van der Waals surface area contributed by atoms with Crippen LogP contribution in [0.3, 0.4) is 0 Å². The normalized spacial score (nSPS) is 19.0. The van der Waals surface area contributed by atoms with E-state index in [1.165, 1.54) is 4.90 Å². The smallest absolute Gasteiger partial charge is 0.326 e. The summed E-state index contributed by atoms with van der Waals surface area (Å²) in [6.45, 7) is 0.510. The summed E-state index contributed by atoms with van der Waals surface area (Å²) < 4.78 is 0. The maximum atomic E-state index is 12.3. The molecule has 1 aromatic carbocycles. The van der Waals surface area contributed by atoms with Crippen molar-refractivity contribution < 1.29 is 19.8 Å². The molecule has 1 fully saturated rings. The SMILES string of the molecule is O=C(O)C1CCCCCN1C(=O)CCc1ccccc1O. The summed E-state index contributed by atoms with van der Waals surface area (Å²) >= 11 is 0. The zero-order valence-electron chi connectivity index (χ0n) is 12.0. The minimum atomic E-state index is -0.923. The van der Waals surface area contributed by atoms with Crippen molar-refractivity contribution in [3.8, 4) is 5.75 Å². The molecule has 1 aliphatic heterocycles. The first-order valence-electron chi connectivity index (χ1n) is 7.38. The van der Waals surface area contributed by atoms with E-state index in [2.05, 4.69) is 0 Å². The summed E-state index contributed by atoms with van der Waals surface area (Å²) in [5.74, 6) is -0.892. The number of rotatable bonds is 4. The van der Waals surface area contributed by atoms with Gasteiger partial charge in [-0.25, -0.2) is 4.79 Å². The van der Waals surface area contributed by atoms with Crippen molar-refractivity contribution in [2.75, 3.05) is 6.54 Å². The highest BCUT2D eigenvalue weighted by Gasteiger charge is 2.30. The van der Waals surface area contributed by atoms with Gasteiger partial charge in [-0.1, -0.05) is 31.0 Å². The van der Waals surface area contributed by atoms with Gasteiger partial charge in [0.05, 0.1) is 0 Å². The molecule has 0 saturated carbocycles. The van der Waals surface area contributed by atoms with E-state index in [4.69, 9.17) is 0 Å². The molecule has 2 N–H and O–H groups in total. The van der Waals surface area contributed by atoms with Crippen LogP contribution in [0.1, 0.15) is 37.7 Å². The first kappa shape index (κ1) is 15.4. The molecule has 5 heteroatoms. The Kier molecular flexibility index (Phi) is 5.20. The van der Waals surface area contributed by atoms with Crippen molar-refractivity contribution in [2.24, 2.45) is 0 Å². The van der Waals surface area contributed by atoms with Crippen LogP contribution >= 0.6 is 0 Å². The molecular formula is C16H21NO4. The largest absolute Gasteiger partial charge is 0.508 e. The average molecular weight is 291 g/mol. The van der Waals surface area contributed by atoms with Crippen LogP contribution in [0, 0.1) is 0 Å². The summed E-state index contributed by atoms with van der Waals surface area (Å²) in [4.78, 5) is 25.1. The van der Waals surface area contributed by atoms with Crippen LogP contribution in [0.4, 0.5) is 0 Å². The van der Waals surface area contributed by atoms with Crippen molar-refractivity contribution in [3.05, 3.63) is 29.8 Å². The van der Waals surface area contributed by atoms with Crippen molar-refractivity contribution in [1.82, 2.24) is 4.90 Å². The Morgan fingerprint density at radius 3 is 2.67 bits per heavy atom. The average Bonchev–Trinajstić information content (AvgIpc) is 2.72. The summed E-state index contributed by atoms with van der Waals surface area (Å²) in [6, 6.07) is 6.21. The van der Waals surface area contributed by atoms with Crippen LogP contribution in [0.2, 0.25) is 0 Å². The third-order valence-electron chi connectivity index (χ3n) is 3.96. The predicted octanol–water partition coefficient (Wildman–Crippen LogP) is 2.18. The van der Waals surface area contributed by atoms with E-state index in [1.54, 1.807) is 18.2 Å². The number of hydrogen-bond acceptors (Lipinski definition) is 3. The number of carbonyl (C=O) groups excluding carboxylic acids is 1. The van der Waals surface area contributed by atoms with Gasteiger partial charge in [-0.15, -0.1) is 0 Å². The number of benzene rings is 1. The minimum absolute atomic E-state index is 0.146. The number of nitrogens with zero attached hydrogens (tertiary/aromatic N) is 1. The van der Waals surface area contributed by atoms with Gasteiger partial charge in [-0.3, -0.25) is 4.79 Å². The predicted molar refractivity (Wildman–Crippen MR) is 78.0 cm³/mol. The fraction of sp³-hybridized carbons (Fsp3) is 0.500. The van der Waals surface area contributed by atoms with E-state index >= 15 is 0 Å². The Balaban J connectivity index is 2.00. The van der Waals surface area contributed by atoms with Crippen LogP contribution in [0.25, 0.3) is 0 Å². The van der Waals surface area contributed by atoms with Gasteiger partial charge in [0, 0.05) is 13.0 Å². The number of amides is 1. The number of aryl methyl sites for hydroxylation is 1. The molecular weight excluding hydrogens is 270 g/mol. The standard InChI is InChI=1S/C16H21NO4/c18-14-8-4-3-6-12(14)9-10-15(19)17-11-5-1-2-7-13(17)16(20)21/h3-4,6,8,13,18H,1-2,5,7,9-11H2,(H,20,21). The number of hydrogen-bond donors (Lipinski definition) is 2. The summed E-state index contributed by atoms with van der Waals surface area (Å²) in [7, 11) is 0. The number of aliphatic carboxylic acids is 1. The third kappa shape index (κ3) is 3.97. The van der Waals surface area contributed by atoms with Gasteiger partial charge in [0.2, 0.25) is 5.91 Å². The fourth-order valence-corrected chi connectivity index (χ4v) is 2.77. The number of aromatic hydroxyl groups is 1. The quantitative estimate of drug-likeness (QED) is 0.891. The first-order valence-corrected chi connectivity index (χ1v) is 7.38. The summed E-state index contributed by atoms with van der Waals surface area (Å²) in [5.41, 5.74) is 0.715. The number of para-hydroxylation sites is 1. The zero-order chi connectivity index (χ0) is 15.2. The third-order valence-corrected chi connectivity index (χ3v) is 3.96. The van der Waals surface area contributed by atoms with Crippen LogP contribution in [0.15, 0.2) is 24.3 Å². The topological polar surface area (TPSA) is 77.8 Å². The number of phenols is 1. The van der Waals surface area contributed by atoms with Gasteiger partial charge in [-0.2, -0.15) is 0 Å². The highest BCUT2D eigenvalue weighted by Crippen LogP contribution is 2.21. The van der Waals surface area contributed by atoms with Crippen LogP contribution in [0.5, 0.6) is 5.75 Å². The Morgan fingerprint density at radius 1 is 1.19 bits per heavy atom. The lowest BCUT2D eigenvalue weighted by atomic mass is 10.1. The Morgan fingerprint density at radius 2 is 1.95 bits per heavy atom. The molecule has 2 rings (SSSR count). The summed E-state index contributed by atoms with van der Waals surface area (Å²) in [6.07, 6.45) is 3.84. The van der Waals surface area contributed by atoms with Gasteiger partial charge in [-0.05, 0) is 30.9 Å². The van der Waals surface area contributed by atoms with Crippen LogP contribution in [-0.2, 0) is 16.0 Å². The number of likely N-dealkylation sites (tertiary alicyclic amines) is 1. The van der Waals surface area contributed by atoms with Crippen molar-refractivity contribution in [3.63, 3.8) is 0 Å². The number of carboxylic acids is 1. The zero-order valence-corrected chi connectivity index (χ0v) is 12.0. The molecule has 1 unspecified atom stereocenters. The minimum Gasteiger partial charge on any atom is -0.508 e. The lowest BCUT2D eigenvalue weighted by molar-refractivity contribution is -0.150. The second-order valence-electron chi connectivity index (χ2n) is 5.42. The number of carboxylic acid groups (broad SMARTS) is 1. The second-order valence-corrected chi connectivity index (χ2v) is 5.42. The molecule has 1 atom stereocenters. The maximum absolute atomic E-state index is 12.3. The number of carbonyl (C=O) groups is 2. The molecule has 21 heavy (non-hydrogen) atoms. The van der Waals surface area contributed by atoms with Gasteiger partial charge in [0.15, 0.2) is 0 Å². The van der Waals surface area contributed by atoms with E-state index in [9.17, 15) is 19.8 Å². The molecule has 1 heterocycles. The van der Waals surface area contributed by atoms with E-state index in [-0.39, 0.29) is 18.1 Å². The first-order chi connectivity index (χ1) is 10.1. The molecule has 5 nitrogen and oxygen atoms in total. The lowest BCUT2D eigenvalue weighted by Crippen LogP contribution is -2.44. The fourth-order valence-electron chi connectivity index (χ4n) is 2.77. The molecule has 0 radical (unpaired) electrons. The molecule has 1 saturated heterocycles. The van der Waals surface area contributed by atoms with Crippen molar-refractivity contribution >= 4 is 11.9 Å². The van der Waals surface area contributed by atoms with Crippen LogP contribution in [-0.4, -0.2) is 39.6 Å². The molecule has 114 valence electrons. The van der Waals surface area contributed by atoms with Crippen molar-refractivity contribution in [1.29, 1.82) is 0 Å². The van der Waals surface area contributed by atoms with Crippen LogP contribution < -0.4 is 0 Å². The summed E-state index contributed by atoms with van der Waals surface area (Å²) in [5, 5.41) is 19.0. The Bertz CT molecular complexity index is 515. The highest BCUT2D eigenvalue weighted by atomic mass is 16.4. The van der Waals surface area contributed by atoms with Crippen molar-refractivity contribution in [2.45, 2.75) is 44.6 Å². The van der Waals surface area contributed by atoms with Gasteiger partial charge in [0.1, 0.15) is 11.8 Å². The lowest BCUT2D eigenvalue weighted by Gasteiger charge is -2.27. The Labute approximate surface area is 124 Å². The van der Waals surface area contributed by atoms with Gasteiger partial charge in [0.25, 0.3) is 0 Å². The molecule has 0 bridgehead atoms. The molecule has 1 aliphatic rings. The van der Waals surface area contributed by atoms with E-state index in [1.807, 2.05) is 6.07 Å². The molecule has 0 spiro atoms. The monoisotopic (exact) mass is 291 g/mol. The molecule has 1 aromatic rings. The van der Waals surface area contributed by atoms with Gasteiger partial charge < -0.3 is 15.1 Å². The van der Waals surface area contributed by atoms with E-state index in [0.717, 1.165) is 19.3 Å². The highest BCUT2D eigenvalue weighted by molar-refractivity contribution is 5.83. The maximum Gasteiger partial charge on any atom is 0.326 e. The molecule has 0 aliphatic carbocycles. The van der Waals surface area contributed by atoms with E-state index in [0.29, 0.717) is 24.9 Å². The van der Waals surface area contributed by atoms with Gasteiger partial charge >= 0.3 is 5.97 Å². The van der Waals surface area contributed by atoms with E-state index < -0.39 is 12.0 Å². The Hall–Kier alpha value is -2.04. The molecule has 1 amide bonds.